The number of aryl methyl sites for hydroxylation is 2. The zero-order valence-electron chi connectivity index (χ0n) is 13.8. The SMILES string of the molecule is CCCc1n[nH]c(=S)n1CC(=O)N(C)CC(=O)Nc1cc(C)on1. The van der Waals surface area contributed by atoms with Crippen LogP contribution < -0.4 is 5.32 Å². The molecule has 0 aromatic carbocycles. The van der Waals surface area contributed by atoms with Crippen LogP contribution in [0.1, 0.15) is 24.9 Å². The Bertz CT molecular complexity index is 778. The Kier molecular flexibility index (Phi) is 5.85. The summed E-state index contributed by atoms with van der Waals surface area (Å²) in [6.07, 6.45) is 1.61. The molecule has 0 fully saturated rings. The highest BCUT2D eigenvalue weighted by Crippen LogP contribution is 2.07. The Morgan fingerprint density at radius 3 is 2.88 bits per heavy atom. The van der Waals surface area contributed by atoms with E-state index in [4.69, 9.17) is 16.7 Å². The summed E-state index contributed by atoms with van der Waals surface area (Å²) < 4.78 is 6.91. The van der Waals surface area contributed by atoms with Gasteiger partial charge in [-0.05, 0) is 25.6 Å². The lowest BCUT2D eigenvalue weighted by molar-refractivity contribution is -0.133. The first-order valence-corrected chi connectivity index (χ1v) is 7.92. The fourth-order valence-electron chi connectivity index (χ4n) is 2.10. The summed E-state index contributed by atoms with van der Waals surface area (Å²) in [6.45, 7) is 3.68. The van der Waals surface area contributed by atoms with Crippen LogP contribution in [-0.4, -0.2) is 50.2 Å². The average Bonchev–Trinajstić information content (AvgIpc) is 3.07. The number of H-pyrrole nitrogens is 1. The van der Waals surface area contributed by atoms with Crippen LogP contribution in [0, 0.1) is 11.7 Å². The predicted molar refractivity (Wildman–Crippen MR) is 88.9 cm³/mol. The first-order chi connectivity index (χ1) is 11.4. The van der Waals surface area contributed by atoms with Crippen LogP contribution in [0.25, 0.3) is 0 Å². The number of anilines is 1. The third-order valence-electron chi connectivity index (χ3n) is 3.31. The zero-order chi connectivity index (χ0) is 17.7. The maximum atomic E-state index is 12.3. The largest absolute Gasteiger partial charge is 0.360 e. The minimum Gasteiger partial charge on any atom is -0.360 e. The second kappa shape index (κ2) is 7.86. The molecular weight excluding hydrogens is 332 g/mol. The Hall–Kier alpha value is -2.49. The van der Waals surface area contributed by atoms with Crippen LogP contribution in [0.4, 0.5) is 5.82 Å². The van der Waals surface area contributed by atoms with Gasteiger partial charge in [0, 0.05) is 19.5 Å². The number of likely N-dealkylation sites (N-methyl/N-ethyl adjacent to an activating group) is 1. The van der Waals surface area contributed by atoms with Crippen LogP contribution in [0.3, 0.4) is 0 Å². The van der Waals surface area contributed by atoms with Gasteiger partial charge in [0.2, 0.25) is 11.8 Å². The second-order valence-electron chi connectivity index (χ2n) is 5.40. The summed E-state index contributed by atoms with van der Waals surface area (Å²) in [5.41, 5.74) is 0. The third kappa shape index (κ3) is 4.51. The van der Waals surface area contributed by atoms with Crippen LogP contribution >= 0.6 is 12.2 Å². The number of hydrogen-bond acceptors (Lipinski definition) is 6. The van der Waals surface area contributed by atoms with Gasteiger partial charge in [0.1, 0.15) is 18.1 Å². The molecule has 0 unspecified atom stereocenters. The van der Waals surface area contributed by atoms with Gasteiger partial charge in [-0.2, -0.15) is 5.10 Å². The highest BCUT2D eigenvalue weighted by atomic mass is 32.1. The van der Waals surface area contributed by atoms with E-state index in [-0.39, 0.29) is 24.9 Å². The molecule has 2 N–H and O–H groups in total. The minimum atomic E-state index is -0.358. The number of rotatable bonds is 7. The van der Waals surface area contributed by atoms with Crippen molar-refractivity contribution in [3.05, 3.63) is 22.4 Å². The molecule has 0 aliphatic heterocycles. The smallest absolute Gasteiger partial charge is 0.245 e. The van der Waals surface area contributed by atoms with Gasteiger partial charge in [0.05, 0.1) is 6.54 Å². The molecule has 2 heterocycles. The molecule has 2 amide bonds. The maximum Gasteiger partial charge on any atom is 0.245 e. The van der Waals surface area contributed by atoms with E-state index in [0.717, 1.165) is 18.7 Å². The highest BCUT2D eigenvalue weighted by Gasteiger charge is 2.17. The molecule has 9 nitrogen and oxygen atoms in total. The van der Waals surface area contributed by atoms with Crippen molar-refractivity contribution in [3.8, 4) is 0 Å². The molecule has 2 aromatic rings. The van der Waals surface area contributed by atoms with Crippen LogP contribution in [0.2, 0.25) is 0 Å². The average molecular weight is 352 g/mol. The van der Waals surface area contributed by atoms with E-state index in [0.29, 0.717) is 16.3 Å². The lowest BCUT2D eigenvalue weighted by atomic mass is 10.3. The molecule has 0 aliphatic carbocycles. The van der Waals surface area contributed by atoms with Crippen LogP contribution in [0.15, 0.2) is 10.6 Å². The van der Waals surface area contributed by atoms with E-state index in [1.54, 1.807) is 24.6 Å². The van der Waals surface area contributed by atoms with Crippen molar-refractivity contribution in [2.24, 2.45) is 0 Å². The topological polar surface area (TPSA) is 109 Å². The lowest BCUT2D eigenvalue weighted by Crippen LogP contribution is -2.37. The number of carbonyl (C=O) groups excluding carboxylic acids is 2. The van der Waals surface area contributed by atoms with Crippen LogP contribution in [-0.2, 0) is 22.6 Å². The van der Waals surface area contributed by atoms with Gasteiger partial charge in [-0.25, -0.2) is 0 Å². The number of hydrogen-bond donors (Lipinski definition) is 2. The lowest BCUT2D eigenvalue weighted by Gasteiger charge is -2.17. The summed E-state index contributed by atoms with van der Waals surface area (Å²) in [7, 11) is 1.55. The number of nitrogens with one attached hydrogen (secondary N) is 2. The number of carbonyl (C=O) groups is 2. The monoisotopic (exact) mass is 352 g/mol. The summed E-state index contributed by atoms with van der Waals surface area (Å²) >= 11 is 5.15. The molecule has 0 spiro atoms. The molecule has 0 aliphatic rings. The van der Waals surface area contributed by atoms with Gasteiger partial charge >= 0.3 is 0 Å². The zero-order valence-corrected chi connectivity index (χ0v) is 14.6. The van der Waals surface area contributed by atoms with Gasteiger partial charge in [-0.1, -0.05) is 12.1 Å². The Morgan fingerprint density at radius 1 is 1.50 bits per heavy atom. The molecule has 0 saturated carbocycles. The first kappa shape index (κ1) is 17.9. The quantitative estimate of drug-likeness (QED) is 0.727. The van der Waals surface area contributed by atoms with E-state index in [1.165, 1.54) is 4.90 Å². The fraction of sp³-hybridized carbons (Fsp3) is 0.500. The maximum absolute atomic E-state index is 12.3. The van der Waals surface area contributed by atoms with E-state index in [2.05, 4.69) is 20.7 Å². The van der Waals surface area contributed by atoms with Crippen LogP contribution in [0.5, 0.6) is 0 Å². The standard InChI is InChI=1S/C14H20N6O3S/c1-4-5-11-16-17-14(24)20(11)8-13(22)19(3)7-12(21)15-10-6-9(2)23-18-10/h6H,4-5,7-8H2,1-3H3,(H,17,24)(H,15,18,21). The van der Waals surface area contributed by atoms with Crippen molar-refractivity contribution in [2.75, 3.05) is 18.9 Å². The molecule has 0 radical (unpaired) electrons. The Morgan fingerprint density at radius 2 is 2.25 bits per heavy atom. The highest BCUT2D eigenvalue weighted by molar-refractivity contribution is 7.71. The van der Waals surface area contributed by atoms with Gasteiger partial charge < -0.3 is 14.7 Å². The van der Waals surface area contributed by atoms with Gasteiger partial charge in [0.25, 0.3) is 0 Å². The molecule has 10 heteroatoms. The number of nitrogens with zero attached hydrogens (tertiary/aromatic N) is 4. The molecule has 130 valence electrons. The summed E-state index contributed by atoms with van der Waals surface area (Å²) in [5, 5.41) is 13.0. The Balaban J connectivity index is 1.93. The molecule has 2 aromatic heterocycles. The first-order valence-electron chi connectivity index (χ1n) is 7.52. The summed E-state index contributed by atoms with van der Waals surface area (Å²) in [4.78, 5) is 25.6. The van der Waals surface area contributed by atoms with Gasteiger partial charge in [-0.15, -0.1) is 0 Å². The second-order valence-corrected chi connectivity index (χ2v) is 5.79. The molecule has 0 bridgehead atoms. The van der Waals surface area contributed by atoms with Gasteiger partial charge in [-0.3, -0.25) is 19.3 Å². The van der Waals surface area contributed by atoms with Crippen molar-refractivity contribution in [1.82, 2.24) is 24.8 Å². The van der Waals surface area contributed by atoms with E-state index in [1.807, 2.05) is 6.92 Å². The van der Waals surface area contributed by atoms with Crippen molar-refractivity contribution in [2.45, 2.75) is 33.2 Å². The minimum absolute atomic E-state index is 0.0392. The molecule has 2 rings (SSSR count). The Labute approximate surface area is 144 Å². The predicted octanol–water partition coefficient (Wildman–Crippen LogP) is 1.29. The summed E-state index contributed by atoms with van der Waals surface area (Å²) in [5.74, 6) is 1.04. The van der Waals surface area contributed by atoms with Crippen molar-refractivity contribution < 1.29 is 14.1 Å². The van der Waals surface area contributed by atoms with E-state index >= 15 is 0 Å². The molecular formula is C14H20N6O3S. The van der Waals surface area contributed by atoms with E-state index < -0.39 is 0 Å². The molecule has 0 saturated heterocycles. The van der Waals surface area contributed by atoms with E-state index in [9.17, 15) is 9.59 Å². The van der Waals surface area contributed by atoms with Crippen molar-refractivity contribution >= 4 is 29.9 Å². The molecule has 24 heavy (non-hydrogen) atoms. The number of aromatic nitrogens is 4. The van der Waals surface area contributed by atoms with Gasteiger partial charge in [0.15, 0.2) is 10.6 Å². The fourth-order valence-corrected chi connectivity index (χ4v) is 2.31. The normalized spacial score (nSPS) is 10.6. The van der Waals surface area contributed by atoms with Crippen molar-refractivity contribution in [3.63, 3.8) is 0 Å². The third-order valence-corrected chi connectivity index (χ3v) is 3.62. The summed E-state index contributed by atoms with van der Waals surface area (Å²) in [6, 6.07) is 1.60. The molecule has 0 atom stereocenters. The van der Waals surface area contributed by atoms with Crippen molar-refractivity contribution in [1.29, 1.82) is 0 Å². The number of aromatic amines is 1. The number of amides is 2.